The zero-order valence-electron chi connectivity index (χ0n) is 13.5. The van der Waals surface area contributed by atoms with Gasteiger partial charge in [0.1, 0.15) is 5.75 Å². The fourth-order valence-electron chi connectivity index (χ4n) is 1.53. The Labute approximate surface area is 141 Å². The first kappa shape index (κ1) is 20.3. The summed E-state index contributed by atoms with van der Waals surface area (Å²) < 4.78 is 44.4. The lowest BCUT2D eigenvalue weighted by Crippen LogP contribution is -2.44. The second kappa shape index (κ2) is 8.90. The molecule has 1 rings (SSSR count). The van der Waals surface area contributed by atoms with Crippen molar-refractivity contribution >= 4 is 17.9 Å². The van der Waals surface area contributed by atoms with Crippen LogP contribution in [-0.2, 0) is 9.53 Å². The van der Waals surface area contributed by atoms with Crippen LogP contribution < -0.4 is 15.4 Å². The van der Waals surface area contributed by atoms with Crippen LogP contribution in [0, 0.1) is 0 Å². The molecule has 0 saturated carbocycles. The topological polar surface area (TPSA) is 93.7 Å². The minimum atomic E-state index is -4.84. The number of carbonyl (C=O) groups is 3. The molecule has 1 atom stereocenters. The van der Waals surface area contributed by atoms with Crippen molar-refractivity contribution in [3.05, 3.63) is 29.8 Å². The highest BCUT2D eigenvalue weighted by molar-refractivity contribution is 5.97. The Balaban J connectivity index is 2.46. The molecule has 7 nitrogen and oxygen atoms in total. The molecule has 1 aromatic carbocycles. The molecule has 1 aromatic rings. The minimum absolute atomic E-state index is 0.0774. The molecule has 0 saturated heterocycles. The molecule has 0 aromatic heterocycles. The van der Waals surface area contributed by atoms with Crippen molar-refractivity contribution in [3.63, 3.8) is 0 Å². The van der Waals surface area contributed by atoms with E-state index in [2.05, 4.69) is 14.8 Å². The lowest BCUT2D eigenvalue weighted by atomic mass is 10.2. The van der Waals surface area contributed by atoms with Gasteiger partial charge in [0.05, 0.1) is 5.56 Å². The van der Waals surface area contributed by atoms with Crippen LogP contribution in [0.5, 0.6) is 5.75 Å². The standard InChI is InChI=1S/C15H17F3N2O5/c1-3-9(2)19-14(23)20-12(21)8-24-13(22)10-4-6-11(7-5-10)25-15(16,17)18/h4-7,9H,3,8H2,1-2H3,(H2,19,20,21,23)/t9-/m0/s1. The van der Waals surface area contributed by atoms with Crippen LogP contribution >= 0.6 is 0 Å². The van der Waals surface area contributed by atoms with Gasteiger partial charge in [0.2, 0.25) is 0 Å². The molecule has 3 amide bonds. The SMILES string of the molecule is CC[C@H](C)NC(=O)NC(=O)COC(=O)c1ccc(OC(F)(F)F)cc1. The minimum Gasteiger partial charge on any atom is -0.452 e. The monoisotopic (exact) mass is 362 g/mol. The van der Waals surface area contributed by atoms with Gasteiger partial charge in [0.25, 0.3) is 5.91 Å². The molecule has 10 heteroatoms. The fourth-order valence-corrected chi connectivity index (χ4v) is 1.53. The quantitative estimate of drug-likeness (QED) is 0.758. The number of alkyl halides is 3. The van der Waals surface area contributed by atoms with Crippen molar-refractivity contribution < 1.29 is 37.0 Å². The number of rotatable bonds is 6. The van der Waals surface area contributed by atoms with Crippen molar-refractivity contribution in [3.8, 4) is 5.75 Å². The maximum Gasteiger partial charge on any atom is 0.573 e. The first-order chi connectivity index (χ1) is 11.6. The highest BCUT2D eigenvalue weighted by Crippen LogP contribution is 2.22. The van der Waals surface area contributed by atoms with Gasteiger partial charge in [-0.25, -0.2) is 9.59 Å². The van der Waals surface area contributed by atoms with Crippen LogP contribution in [0.2, 0.25) is 0 Å². The summed E-state index contributed by atoms with van der Waals surface area (Å²) in [6.07, 6.45) is -4.17. The summed E-state index contributed by atoms with van der Waals surface area (Å²) in [5, 5.41) is 4.46. The van der Waals surface area contributed by atoms with Crippen molar-refractivity contribution in [2.24, 2.45) is 0 Å². The summed E-state index contributed by atoms with van der Waals surface area (Å²) in [4.78, 5) is 34.6. The van der Waals surface area contributed by atoms with Crippen LogP contribution in [0.1, 0.15) is 30.6 Å². The van der Waals surface area contributed by atoms with Gasteiger partial charge in [-0.15, -0.1) is 13.2 Å². The number of hydrogen-bond donors (Lipinski definition) is 2. The molecular weight excluding hydrogens is 345 g/mol. The first-order valence-electron chi connectivity index (χ1n) is 7.24. The van der Waals surface area contributed by atoms with E-state index in [1.54, 1.807) is 6.92 Å². The molecule has 2 N–H and O–H groups in total. The molecule has 25 heavy (non-hydrogen) atoms. The highest BCUT2D eigenvalue weighted by Gasteiger charge is 2.31. The zero-order chi connectivity index (χ0) is 19.0. The number of amides is 3. The van der Waals surface area contributed by atoms with E-state index in [1.807, 2.05) is 12.2 Å². The molecule has 0 radical (unpaired) electrons. The smallest absolute Gasteiger partial charge is 0.452 e. The summed E-state index contributed by atoms with van der Waals surface area (Å²) in [7, 11) is 0. The predicted octanol–water partition coefficient (Wildman–Crippen LogP) is 2.37. The Morgan fingerprint density at radius 2 is 1.76 bits per heavy atom. The Hall–Kier alpha value is -2.78. The van der Waals surface area contributed by atoms with Gasteiger partial charge in [0.15, 0.2) is 6.61 Å². The highest BCUT2D eigenvalue weighted by atomic mass is 19.4. The number of imide groups is 1. The summed E-state index contributed by atoms with van der Waals surface area (Å²) in [6, 6.07) is 3.12. The molecule has 0 fully saturated rings. The third kappa shape index (κ3) is 8.04. The van der Waals surface area contributed by atoms with Crippen LogP contribution in [-0.4, -0.2) is 36.9 Å². The number of halogens is 3. The van der Waals surface area contributed by atoms with Crippen molar-refractivity contribution in [2.75, 3.05) is 6.61 Å². The van der Waals surface area contributed by atoms with Crippen molar-refractivity contribution in [1.29, 1.82) is 0 Å². The third-order valence-corrected chi connectivity index (χ3v) is 2.90. The number of esters is 1. The average molecular weight is 362 g/mol. The fraction of sp³-hybridized carbons (Fsp3) is 0.400. The van der Waals surface area contributed by atoms with E-state index < -0.39 is 36.6 Å². The summed E-state index contributed by atoms with van der Waals surface area (Å²) in [6.45, 7) is 2.88. The molecule has 0 unspecified atom stereocenters. The molecule has 0 bridgehead atoms. The van der Waals surface area contributed by atoms with Crippen LogP contribution in [0.25, 0.3) is 0 Å². The maximum absolute atomic E-state index is 12.0. The number of nitrogens with one attached hydrogen (secondary N) is 2. The summed E-state index contributed by atoms with van der Waals surface area (Å²) in [5.41, 5.74) is -0.0774. The lowest BCUT2D eigenvalue weighted by Gasteiger charge is -2.12. The third-order valence-electron chi connectivity index (χ3n) is 2.90. The molecular formula is C15H17F3N2O5. The maximum atomic E-state index is 12.0. The largest absolute Gasteiger partial charge is 0.573 e. The van der Waals surface area contributed by atoms with Gasteiger partial charge in [-0.2, -0.15) is 0 Å². The predicted molar refractivity (Wildman–Crippen MR) is 79.8 cm³/mol. The van der Waals surface area contributed by atoms with Crippen LogP contribution in [0.15, 0.2) is 24.3 Å². The number of ether oxygens (including phenoxy) is 2. The second-order valence-electron chi connectivity index (χ2n) is 4.98. The van der Waals surface area contributed by atoms with E-state index in [9.17, 15) is 27.6 Å². The molecule has 0 aliphatic carbocycles. The average Bonchev–Trinajstić information content (AvgIpc) is 2.51. The zero-order valence-corrected chi connectivity index (χ0v) is 13.5. The van der Waals surface area contributed by atoms with Gasteiger partial charge in [-0.3, -0.25) is 10.1 Å². The van der Waals surface area contributed by atoms with E-state index in [0.717, 1.165) is 24.3 Å². The van der Waals surface area contributed by atoms with Crippen molar-refractivity contribution in [1.82, 2.24) is 10.6 Å². The second-order valence-corrected chi connectivity index (χ2v) is 4.98. The lowest BCUT2D eigenvalue weighted by molar-refractivity contribution is -0.274. The van der Waals surface area contributed by atoms with Gasteiger partial charge >= 0.3 is 18.4 Å². The van der Waals surface area contributed by atoms with Crippen molar-refractivity contribution in [2.45, 2.75) is 32.7 Å². The van der Waals surface area contributed by atoms with Gasteiger partial charge in [0, 0.05) is 6.04 Å². The van der Waals surface area contributed by atoms with E-state index >= 15 is 0 Å². The summed E-state index contributed by atoms with van der Waals surface area (Å²) >= 11 is 0. The Morgan fingerprint density at radius 3 is 2.28 bits per heavy atom. The van der Waals surface area contributed by atoms with E-state index in [0.29, 0.717) is 6.42 Å². The number of hydrogen-bond acceptors (Lipinski definition) is 5. The van der Waals surface area contributed by atoms with Crippen LogP contribution in [0.3, 0.4) is 0 Å². The Bertz CT molecular complexity index is 617. The molecule has 0 spiro atoms. The normalized spacial score (nSPS) is 12.0. The molecule has 0 heterocycles. The van der Waals surface area contributed by atoms with Gasteiger partial charge in [-0.1, -0.05) is 6.92 Å². The van der Waals surface area contributed by atoms with E-state index in [1.165, 1.54) is 0 Å². The summed E-state index contributed by atoms with van der Waals surface area (Å²) in [5.74, 6) is -2.27. The first-order valence-corrected chi connectivity index (χ1v) is 7.24. The van der Waals surface area contributed by atoms with E-state index in [4.69, 9.17) is 0 Å². The number of carbonyl (C=O) groups excluding carboxylic acids is 3. The van der Waals surface area contributed by atoms with Gasteiger partial charge in [-0.05, 0) is 37.6 Å². The van der Waals surface area contributed by atoms with Gasteiger partial charge < -0.3 is 14.8 Å². The van der Waals surface area contributed by atoms with E-state index in [-0.39, 0.29) is 11.6 Å². The Morgan fingerprint density at radius 1 is 1.16 bits per heavy atom. The molecule has 0 aliphatic heterocycles. The van der Waals surface area contributed by atoms with Crippen LogP contribution in [0.4, 0.5) is 18.0 Å². The Kier molecular flexibility index (Phi) is 7.22. The molecule has 138 valence electrons. The number of urea groups is 1. The molecule has 0 aliphatic rings. The number of benzene rings is 1.